The summed E-state index contributed by atoms with van der Waals surface area (Å²) in [6, 6.07) is 6.32. The number of hydrogen-bond acceptors (Lipinski definition) is 5. The van der Waals surface area contributed by atoms with E-state index in [0.717, 1.165) is 12.3 Å². The Morgan fingerprint density at radius 1 is 1.02 bits per heavy atom. The molecule has 4 aromatic rings. The number of carboxylic acid groups (broad SMARTS) is 1. The molecule has 1 fully saturated rings. The van der Waals surface area contributed by atoms with Gasteiger partial charge in [0.1, 0.15) is 36.2 Å². The van der Waals surface area contributed by atoms with Crippen molar-refractivity contribution < 1.29 is 45.8 Å². The first kappa shape index (κ1) is 37.0. The molecule has 0 spiro atoms. The monoisotopic (exact) mass is 747 g/mol. The molecule has 2 unspecified atom stereocenters. The Kier molecular flexibility index (Phi) is 10.2. The first-order valence-corrected chi connectivity index (χ1v) is 16.6. The summed E-state index contributed by atoms with van der Waals surface area (Å²) in [6.45, 7) is 3.00. The van der Waals surface area contributed by atoms with Gasteiger partial charge in [0, 0.05) is 53.6 Å². The van der Waals surface area contributed by atoms with Crippen LogP contribution in [0.1, 0.15) is 57.4 Å². The first-order chi connectivity index (χ1) is 24.5. The van der Waals surface area contributed by atoms with Gasteiger partial charge in [-0.15, -0.1) is 0 Å². The molecule has 4 bridgehead atoms. The van der Waals surface area contributed by atoms with E-state index < -0.39 is 76.6 Å². The summed E-state index contributed by atoms with van der Waals surface area (Å²) >= 11 is 6.37. The van der Waals surface area contributed by atoms with Crippen molar-refractivity contribution in [2.24, 2.45) is 0 Å². The van der Waals surface area contributed by atoms with Crippen molar-refractivity contribution in [2.75, 3.05) is 19.6 Å². The largest absolute Gasteiger partial charge is 0.488 e. The maximum absolute atomic E-state index is 16.0. The SMILES string of the molecule is Cc1cc2cc(c1F)C(CC(=O)O)NC(=O)C(n1cc(CCN3CC(F)C3)c(C(F)(F)F)cc1=O)c1cc(ccc1F)COc1cc(Cl)cc(C)c1-2. The number of fused-ring (bicyclic) bond motifs is 6. The molecule has 1 amide bonds. The van der Waals surface area contributed by atoms with Crippen molar-refractivity contribution >= 4 is 23.5 Å². The molecular formula is C37H32ClF6N3O5. The second-order valence-corrected chi connectivity index (χ2v) is 13.5. The summed E-state index contributed by atoms with van der Waals surface area (Å²) < 4.78 is 94.6. The van der Waals surface area contributed by atoms with E-state index in [0.29, 0.717) is 37.9 Å². The van der Waals surface area contributed by atoms with Gasteiger partial charge in [0.2, 0.25) is 5.91 Å². The predicted molar refractivity (Wildman–Crippen MR) is 179 cm³/mol. The number of rotatable bonds is 6. The van der Waals surface area contributed by atoms with E-state index in [4.69, 9.17) is 16.3 Å². The molecule has 0 saturated carbocycles. The lowest BCUT2D eigenvalue weighted by atomic mass is 9.91. The molecule has 6 rings (SSSR count). The molecule has 0 radical (unpaired) electrons. The number of aryl methyl sites for hydroxylation is 2. The molecule has 15 heteroatoms. The van der Waals surface area contributed by atoms with Crippen LogP contribution in [0.15, 0.2) is 59.5 Å². The minimum Gasteiger partial charge on any atom is -0.488 e. The van der Waals surface area contributed by atoms with Gasteiger partial charge in [0.05, 0.1) is 18.0 Å². The van der Waals surface area contributed by atoms with Crippen LogP contribution in [0.25, 0.3) is 11.1 Å². The van der Waals surface area contributed by atoms with Crippen LogP contribution < -0.4 is 15.6 Å². The maximum Gasteiger partial charge on any atom is 0.416 e. The average Bonchev–Trinajstić information content (AvgIpc) is 3.03. The molecular weight excluding hydrogens is 716 g/mol. The van der Waals surface area contributed by atoms with Gasteiger partial charge < -0.3 is 15.2 Å². The van der Waals surface area contributed by atoms with Crippen molar-refractivity contribution in [1.29, 1.82) is 0 Å². The van der Waals surface area contributed by atoms with Crippen LogP contribution in [0.3, 0.4) is 0 Å². The Labute approximate surface area is 298 Å². The molecule has 0 aliphatic carbocycles. The van der Waals surface area contributed by atoms with Crippen LogP contribution in [-0.4, -0.2) is 52.3 Å². The standard InChI is InChI=1S/C37H32ClF6N3O5/c1-18-8-23(38)11-30-33(18)22-7-19(2)34(41)26(10-22)29(13-32(49)50)45-36(51)35(25-9-20(17-52-30)3-4-28(25)40)47-14-21(5-6-46-15-24(39)16-46)27(12-31(47)48)37(42,43)44/h3-4,7-12,14,24,29,35H,5-6,13,15-17H2,1-2H3,(H,45,51)(H,49,50). The molecule has 1 saturated heterocycles. The summed E-state index contributed by atoms with van der Waals surface area (Å²) in [4.78, 5) is 41.6. The first-order valence-electron chi connectivity index (χ1n) is 16.2. The molecule has 274 valence electrons. The Bertz CT molecular complexity index is 2130. The van der Waals surface area contributed by atoms with Crippen molar-refractivity contribution in [3.8, 4) is 16.9 Å². The summed E-state index contributed by atoms with van der Waals surface area (Å²) in [6.07, 6.45) is -6.45. The van der Waals surface area contributed by atoms with E-state index in [1.807, 2.05) is 0 Å². The third kappa shape index (κ3) is 7.54. The van der Waals surface area contributed by atoms with Crippen molar-refractivity contribution in [3.05, 3.63) is 121 Å². The summed E-state index contributed by atoms with van der Waals surface area (Å²) in [5, 5.41) is 12.6. The highest BCUT2D eigenvalue weighted by molar-refractivity contribution is 6.31. The number of nitrogens with one attached hydrogen (secondary N) is 1. The second-order valence-electron chi connectivity index (χ2n) is 13.1. The number of carboxylic acids is 1. The van der Waals surface area contributed by atoms with Gasteiger partial charge in [-0.1, -0.05) is 17.7 Å². The number of likely N-dealkylation sites (tertiary alicyclic amines) is 1. The van der Waals surface area contributed by atoms with Crippen molar-refractivity contribution in [3.63, 3.8) is 0 Å². The second kappa shape index (κ2) is 14.3. The fraction of sp³-hybridized carbons (Fsp3) is 0.324. The number of amides is 1. The fourth-order valence-electron chi connectivity index (χ4n) is 6.75. The van der Waals surface area contributed by atoms with E-state index in [1.165, 1.54) is 37.3 Å². The molecule has 8 nitrogen and oxygen atoms in total. The molecule has 2 aliphatic heterocycles. The number of carbonyl (C=O) groups is 2. The zero-order valence-corrected chi connectivity index (χ0v) is 28.5. The highest BCUT2D eigenvalue weighted by Crippen LogP contribution is 2.40. The Morgan fingerprint density at radius 3 is 2.42 bits per heavy atom. The maximum atomic E-state index is 16.0. The number of nitrogens with zero attached hydrogens (tertiary/aromatic N) is 2. The topological polar surface area (TPSA) is 101 Å². The van der Waals surface area contributed by atoms with E-state index in [9.17, 15) is 37.1 Å². The Morgan fingerprint density at radius 2 is 1.75 bits per heavy atom. The lowest BCUT2D eigenvalue weighted by Crippen LogP contribution is -2.49. The highest BCUT2D eigenvalue weighted by Gasteiger charge is 2.37. The zero-order valence-electron chi connectivity index (χ0n) is 27.8. The van der Waals surface area contributed by atoms with Gasteiger partial charge in [-0.2, -0.15) is 13.2 Å². The summed E-state index contributed by atoms with van der Waals surface area (Å²) in [7, 11) is 0. The van der Waals surface area contributed by atoms with Crippen LogP contribution in [-0.2, 0) is 28.8 Å². The molecule has 3 aromatic carbocycles. The minimum absolute atomic E-state index is 0.000368. The minimum atomic E-state index is -4.98. The van der Waals surface area contributed by atoms with E-state index >= 15 is 8.78 Å². The van der Waals surface area contributed by atoms with Gasteiger partial charge in [0.15, 0.2) is 0 Å². The number of hydrogen-bond donors (Lipinski definition) is 2. The Balaban J connectivity index is 1.57. The number of halogens is 7. The highest BCUT2D eigenvalue weighted by atomic mass is 35.5. The van der Waals surface area contributed by atoms with Crippen LogP contribution in [0.4, 0.5) is 26.3 Å². The summed E-state index contributed by atoms with van der Waals surface area (Å²) in [5.74, 6) is -4.25. The van der Waals surface area contributed by atoms with Gasteiger partial charge in [-0.3, -0.25) is 23.9 Å². The van der Waals surface area contributed by atoms with Crippen LogP contribution >= 0.6 is 11.6 Å². The molecule has 2 N–H and O–H groups in total. The van der Waals surface area contributed by atoms with E-state index in [2.05, 4.69) is 5.32 Å². The smallest absolute Gasteiger partial charge is 0.416 e. The third-order valence-corrected chi connectivity index (χ3v) is 9.48. The van der Waals surface area contributed by atoms with Crippen LogP contribution in [0.2, 0.25) is 5.02 Å². The number of aliphatic carboxylic acids is 1. The average molecular weight is 748 g/mol. The third-order valence-electron chi connectivity index (χ3n) is 9.26. The molecule has 1 aromatic heterocycles. The summed E-state index contributed by atoms with van der Waals surface area (Å²) in [5.41, 5.74) is -1.80. The number of pyridine rings is 1. The number of carbonyl (C=O) groups excluding carboxylic acids is 1. The number of ether oxygens (including phenoxy) is 1. The van der Waals surface area contributed by atoms with Crippen LogP contribution in [0, 0.1) is 25.5 Å². The van der Waals surface area contributed by atoms with Gasteiger partial charge in [0.25, 0.3) is 5.56 Å². The quantitative estimate of drug-likeness (QED) is 0.205. The number of benzene rings is 3. The van der Waals surface area contributed by atoms with Gasteiger partial charge >= 0.3 is 12.1 Å². The van der Waals surface area contributed by atoms with E-state index in [1.54, 1.807) is 17.9 Å². The number of alkyl halides is 4. The number of aromatic nitrogens is 1. The molecule has 52 heavy (non-hydrogen) atoms. The normalized spacial score (nSPS) is 18.1. The zero-order chi connectivity index (χ0) is 37.6. The molecule has 3 heterocycles. The van der Waals surface area contributed by atoms with Crippen molar-refractivity contribution in [1.82, 2.24) is 14.8 Å². The van der Waals surface area contributed by atoms with E-state index in [-0.39, 0.29) is 49.5 Å². The van der Waals surface area contributed by atoms with Crippen LogP contribution in [0.5, 0.6) is 5.75 Å². The lowest BCUT2D eigenvalue weighted by Gasteiger charge is -2.34. The predicted octanol–water partition coefficient (Wildman–Crippen LogP) is 7.09. The lowest BCUT2D eigenvalue weighted by molar-refractivity contribution is -0.139. The van der Waals surface area contributed by atoms with Crippen molar-refractivity contribution in [2.45, 2.75) is 57.7 Å². The molecule has 2 aliphatic rings. The van der Waals surface area contributed by atoms with Gasteiger partial charge in [-0.25, -0.2) is 13.2 Å². The van der Waals surface area contributed by atoms with Gasteiger partial charge in [-0.05, 0) is 84.5 Å². The Hall–Kier alpha value is -4.82. The molecule has 2 atom stereocenters. The fourth-order valence-corrected chi connectivity index (χ4v) is 7.01.